The number of rotatable bonds is 3. The lowest BCUT2D eigenvalue weighted by Crippen LogP contribution is -2.23. The Kier molecular flexibility index (Phi) is 4.19. The maximum atomic E-state index is 13.2. The van der Waals surface area contributed by atoms with Gasteiger partial charge in [0.05, 0.1) is 3.79 Å². The standard InChI is InChI=1S/C15H14BrF2NS/c16-15-7-10-13(2-1-3-14(10)20-15)19-8-9-4-5-11(17)12(18)6-9/h4-7,13,19H,1-3,8H2. The molecule has 5 heteroatoms. The number of hydrogen-bond donors (Lipinski definition) is 1. The summed E-state index contributed by atoms with van der Waals surface area (Å²) in [7, 11) is 0. The van der Waals surface area contributed by atoms with E-state index >= 15 is 0 Å². The molecule has 1 aromatic carbocycles. The van der Waals surface area contributed by atoms with Gasteiger partial charge < -0.3 is 5.32 Å². The lowest BCUT2D eigenvalue weighted by Gasteiger charge is -2.23. The summed E-state index contributed by atoms with van der Waals surface area (Å²) in [6.07, 6.45) is 3.38. The molecule has 1 aromatic heterocycles. The van der Waals surface area contributed by atoms with Gasteiger partial charge in [-0.1, -0.05) is 6.07 Å². The van der Waals surface area contributed by atoms with Gasteiger partial charge in [0, 0.05) is 17.5 Å². The van der Waals surface area contributed by atoms with E-state index in [9.17, 15) is 8.78 Å². The number of hydrogen-bond acceptors (Lipinski definition) is 2. The number of halogens is 3. The molecule has 0 fully saturated rings. The van der Waals surface area contributed by atoms with Crippen molar-refractivity contribution in [2.24, 2.45) is 0 Å². The molecule has 1 heterocycles. The Morgan fingerprint density at radius 2 is 2.10 bits per heavy atom. The van der Waals surface area contributed by atoms with Crippen molar-refractivity contribution in [1.29, 1.82) is 0 Å². The van der Waals surface area contributed by atoms with E-state index in [0.717, 1.165) is 28.6 Å². The first-order valence-corrected chi connectivity index (χ1v) is 8.20. The second kappa shape index (κ2) is 5.92. The molecule has 1 aliphatic rings. The van der Waals surface area contributed by atoms with E-state index in [1.807, 2.05) is 0 Å². The second-order valence-electron chi connectivity index (χ2n) is 5.00. The molecule has 1 N–H and O–H groups in total. The zero-order valence-electron chi connectivity index (χ0n) is 10.8. The molecule has 2 aromatic rings. The highest BCUT2D eigenvalue weighted by molar-refractivity contribution is 9.11. The van der Waals surface area contributed by atoms with Crippen molar-refractivity contribution < 1.29 is 8.78 Å². The lowest BCUT2D eigenvalue weighted by atomic mass is 9.94. The molecule has 0 spiro atoms. The third kappa shape index (κ3) is 2.95. The van der Waals surface area contributed by atoms with E-state index in [-0.39, 0.29) is 0 Å². The van der Waals surface area contributed by atoms with E-state index in [4.69, 9.17) is 0 Å². The normalized spacial score (nSPS) is 18.1. The van der Waals surface area contributed by atoms with Gasteiger partial charge in [-0.2, -0.15) is 0 Å². The van der Waals surface area contributed by atoms with Crippen LogP contribution in [0.2, 0.25) is 0 Å². The predicted molar refractivity (Wildman–Crippen MR) is 80.9 cm³/mol. The van der Waals surface area contributed by atoms with Crippen LogP contribution in [-0.2, 0) is 13.0 Å². The van der Waals surface area contributed by atoms with Crippen molar-refractivity contribution in [3.05, 3.63) is 55.7 Å². The Balaban J connectivity index is 1.71. The highest BCUT2D eigenvalue weighted by Gasteiger charge is 2.22. The summed E-state index contributed by atoms with van der Waals surface area (Å²) in [5.41, 5.74) is 2.11. The van der Waals surface area contributed by atoms with Crippen molar-refractivity contribution in [2.45, 2.75) is 31.8 Å². The second-order valence-corrected chi connectivity index (χ2v) is 7.52. The molecule has 3 rings (SSSR count). The summed E-state index contributed by atoms with van der Waals surface area (Å²) in [5.74, 6) is -1.58. The average molecular weight is 358 g/mol. The first-order chi connectivity index (χ1) is 9.63. The molecular formula is C15H14BrF2NS. The van der Waals surface area contributed by atoms with Crippen molar-refractivity contribution >= 4 is 27.3 Å². The maximum Gasteiger partial charge on any atom is 0.159 e. The number of fused-ring (bicyclic) bond motifs is 1. The SMILES string of the molecule is Fc1ccc(CNC2CCCc3sc(Br)cc32)cc1F. The molecule has 0 saturated heterocycles. The highest BCUT2D eigenvalue weighted by Crippen LogP contribution is 2.38. The van der Waals surface area contributed by atoms with E-state index < -0.39 is 11.6 Å². The smallest absolute Gasteiger partial charge is 0.159 e. The fourth-order valence-electron chi connectivity index (χ4n) is 2.62. The zero-order valence-corrected chi connectivity index (χ0v) is 13.2. The molecule has 106 valence electrons. The summed E-state index contributed by atoms with van der Waals surface area (Å²) < 4.78 is 27.2. The van der Waals surface area contributed by atoms with Crippen molar-refractivity contribution in [1.82, 2.24) is 5.32 Å². The molecular weight excluding hydrogens is 344 g/mol. The highest BCUT2D eigenvalue weighted by atomic mass is 79.9. The fourth-order valence-corrected chi connectivity index (χ4v) is 4.44. The minimum Gasteiger partial charge on any atom is -0.306 e. The summed E-state index contributed by atoms with van der Waals surface area (Å²) in [6.45, 7) is 0.550. The maximum absolute atomic E-state index is 13.2. The van der Waals surface area contributed by atoms with Crippen LogP contribution < -0.4 is 5.32 Å². The van der Waals surface area contributed by atoms with Crippen molar-refractivity contribution in [2.75, 3.05) is 0 Å². The van der Waals surface area contributed by atoms with Crippen LogP contribution in [0.4, 0.5) is 8.78 Å². The summed E-state index contributed by atoms with van der Waals surface area (Å²) in [4.78, 5) is 1.42. The topological polar surface area (TPSA) is 12.0 Å². The van der Waals surface area contributed by atoms with Gasteiger partial charge in [0.15, 0.2) is 11.6 Å². The number of thiophene rings is 1. The van der Waals surface area contributed by atoms with Crippen LogP contribution in [0.3, 0.4) is 0 Å². The molecule has 0 bridgehead atoms. The molecule has 1 nitrogen and oxygen atoms in total. The molecule has 0 radical (unpaired) electrons. The van der Waals surface area contributed by atoms with Gasteiger partial charge in [-0.3, -0.25) is 0 Å². The summed E-state index contributed by atoms with van der Waals surface area (Å²) >= 11 is 5.32. The molecule has 1 aliphatic carbocycles. The van der Waals surface area contributed by atoms with Gasteiger partial charge in [0.2, 0.25) is 0 Å². The zero-order chi connectivity index (χ0) is 14.1. The van der Waals surface area contributed by atoms with Gasteiger partial charge in [-0.05, 0) is 64.5 Å². The number of nitrogens with one attached hydrogen (secondary N) is 1. The van der Waals surface area contributed by atoms with Crippen molar-refractivity contribution in [3.8, 4) is 0 Å². The van der Waals surface area contributed by atoms with Crippen LogP contribution in [0, 0.1) is 11.6 Å². The third-order valence-electron chi connectivity index (χ3n) is 3.62. The Bertz CT molecular complexity index is 626. The Hall–Kier alpha value is -0.780. The van der Waals surface area contributed by atoms with Crippen LogP contribution >= 0.6 is 27.3 Å². The molecule has 0 aliphatic heterocycles. The van der Waals surface area contributed by atoms with Crippen LogP contribution in [0.5, 0.6) is 0 Å². The van der Waals surface area contributed by atoms with Gasteiger partial charge >= 0.3 is 0 Å². The monoisotopic (exact) mass is 357 g/mol. The lowest BCUT2D eigenvalue weighted by molar-refractivity contribution is 0.460. The predicted octanol–water partition coefficient (Wildman–Crippen LogP) is 4.96. The summed E-state index contributed by atoms with van der Waals surface area (Å²) in [5, 5.41) is 3.45. The van der Waals surface area contributed by atoms with Crippen LogP contribution in [-0.4, -0.2) is 0 Å². The summed E-state index contributed by atoms with van der Waals surface area (Å²) in [6, 6.07) is 6.53. The largest absolute Gasteiger partial charge is 0.306 e. The number of aryl methyl sites for hydroxylation is 1. The van der Waals surface area contributed by atoms with Gasteiger partial charge in [-0.25, -0.2) is 8.78 Å². The van der Waals surface area contributed by atoms with Gasteiger partial charge in [0.1, 0.15) is 0 Å². The molecule has 1 atom stereocenters. The minimum atomic E-state index is -0.796. The van der Waals surface area contributed by atoms with E-state index in [1.165, 1.54) is 22.6 Å². The first-order valence-electron chi connectivity index (χ1n) is 6.59. The Morgan fingerprint density at radius 3 is 2.90 bits per heavy atom. The van der Waals surface area contributed by atoms with Crippen LogP contribution in [0.25, 0.3) is 0 Å². The molecule has 0 saturated carbocycles. The van der Waals surface area contributed by atoms with Crippen molar-refractivity contribution in [3.63, 3.8) is 0 Å². The van der Waals surface area contributed by atoms with E-state index in [2.05, 4.69) is 27.3 Å². The van der Waals surface area contributed by atoms with Gasteiger partial charge in [-0.15, -0.1) is 11.3 Å². The first kappa shape index (κ1) is 14.2. The Labute approximate surface area is 129 Å². The van der Waals surface area contributed by atoms with E-state index in [0.29, 0.717) is 12.6 Å². The van der Waals surface area contributed by atoms with Gasteiger partial charge in [0.25, 0.3) is 0 Å². The fraction of sp³-hybridized carbons (Fsp3) is 0.333. The Morgan fingerprint density at radius 1 is 1.25 bits per heavy atom. The minimum absolute atomic E-state index is 0.300. The van der Waals surface area contributed by atoms with Crippen LogP contribution in [0.15, 0.2) is 28.1 Å². The molecule has 0 amide bonds. The number of benzene rings is 1. The van der Waals surface area contributed by atoms with Crippen LogP contribution in [0.1, 0.15) is 34.9 Å². The average Bonchev–Trinajstić information content (AvgIpc) is 2.81. The quantitative estimate of drug-likeness (QED) is 0.818. The van der Waals surface area contributed by atoms with E-state index in [1.54, 1.807) is 17.4 Å². The molecule has 20 heavy (non-hydrogen) atoms. The third-order valence-corrected chi connectivity index (χ3v) is 5.33. The molecule has 1 unspecified atom stereocenters.